The number of phenolic OH excluding ortho intramolecular Hbond substituents is 1. The van der Waals surface area contributed by atoms with Crippen LogP contribution in [0.5, 0.6) is 5.75 Å². The van der Waals surface area contributed by atoms with Gasteiger partial charge in [-0.25, -0.2) is 9.18 Å². The summed E-state index contributed by atoms with van der Waals surface area (Å²) >= 11 is 0. The normalized spacial score (nSPS) is 10.1. The van der Waals surface area contributed by atoms with E-state index in [0.29, 0.717) is 11.3 Å². The molecule has 0 heterocycles. The van der Waals surface area contributed by atoms with E-state index in [4.69, 9.17) is 0 Å². The fraction of sp³-hybridized carbons (Fsp3) is 0.133. The first-order valence-electron chi connectivity index (χ1n) is 6.14. The first-order chi connectivity index (χ1) is 9.56. The maximum atomic E-state index is 13.4. The third kappa shape index (κ3) is 3.47. The summed E-state index contributed by atoms with van der Waals surface area (Å²) in [7, 11) is 0. The first-order valence-corrected chi connectivity index (χ1v) is 6.14. The van der Waals surface area contributed by atoms with Crippen LogP contribution in [0.25, 0.3) is 0 Å². The predicted molar refractivity (Wildman–Crippen MR) is 75.1 cm³/mol. The van der Waals surface area contributed by atoms with Crippen LogP contribution in [0.4, 0.5) is 14.9 Å². The highest BCUT2D eigenvalue weighted by atomic mass is 19.1. The van der Waals surface area contributed by atoms with Crippen molar-refractivity contribution in [1.82, 2.24) is 5.32 Å². The molecule has 0 spiro atoms. The van der Waals surface area contributed by atoms with Gasteiger partial charge in [0.15, 0.2) is 0 Å². The van der Waals surface area contributed by atoms with E-state index in [1.54, 1.807) is 37.3 Å². The molecule has 0 aliphatic rings. The van der Waals surface area contributed by atoms with Gasteiger partial charge < -0.3 is 15.7 Å². The molecule has 2 rings (SSSR count). The molecular formula is C15H15FN2O2. The lowest BCUT2D eigenvalue weighted by molar-refractivity contribution is 0.251. The highest BCUT2D eigenvalue weighted by Crippen LogP contribution is 2.19. The largest absolute Gasteiger partial charge is 0.508 e. The third-order valence-electron chi connectivity index (χ3n) is 2.86. The first kappa shape index (κ1) is 13.9. The number of rotatable bonds is 3. The van der Waals surface area contributed by atoms with Gasteiger partial charge in [0.05, 0.1) is 0 Å². The minimum Gasteiger partial charge on any atom is -0.508 e. The van der Waals surface area contributed by atoms with Crippen molar-refractivity contribution >= 4 is 11.7 Å². The number of nitrogens with one attached hydrogen (secondary N) is 2. The fourth-order valence-corrected chi connectivity index (χ4v) is 1.77. The van der Waals surface area contributed by atoms with E-state index >= 15 is 0 Å². The molecule has 0 saturated heterocycles. The molecule has 0 aliphatic carbocycles. The Kier molecular flexibility index (Phi) is 4.20. The van der Waals surface area contributed by atoms with E-state index in [9.17, 15) is 14.3 Å². The molecule has 0 aliphatic heterocycles. The van der Waals surface area contributed by atoms with Gasteiger partial charge in [0.2, 0.25) is 0 Å². The molecular weight excluding hydrogens is 259 g/mol. The molecule has 0 atom stereocenters. The summed E-state index contributed by atoms with van der Waals surface area (Å²) in [6.07, 6.45) is 0. The number of halogens is 1. The molecule has 20 heavy (non-hydrogen) atoms. The zero-order chi connectivity index (χ0) is 14.5. The minimum absolute atomic E-state index is 0.107. The number of aryl methyl sites for hydroxylation is 1. The second-order valence-corrected chi connectivity index (χ2v) is 4.40. The fourth-order valence-electron chi connectivity index (χ4n) is 1.77. The lowest BCUT2D eigenvalue weighted by atomic mass is 10.2. The number of benzene rings is 2. The molecule has 0 aromatic heterocycles. The monoisotopic (exact) mass is 274 g/mol. The van der Waals surface area contributed by atoms with Crippen LogP contribution in [0, 0.1) is 12.7 Å². The molecule has 5 heteroatoms. The number of anilines is 1. The number of hydrogen-bond acceptors (Lipinski definition) is 2. The molecule has 2 aromatic rings. The number of carbonyl (C=O) groups is 1. The average Bonchev–Trinajstić information content (AvgIpc) is 2.41. The van der Waals surface area contributed by atoms with Crippen molar-refractivity contribution in [1.29, 1.82) is 0 Å². The highest BCUT2D eigenvalue weighted by molar-refractivity contribution is 5.90. The van der Waals surface area contributed by atoms with Gasteiger partial charge in [-0.15, -0.1) is 0 Å². The summed E-state index contributed by atoms with van der Waals surface area (Å²) in [6.45, 7) is 1.88. The quantitative estimate of drug-likeness (QED) is 0.753. The Morgan fingerprint density at radius 3 is 2.70 bits per heavy atom. The Hall–Kier alpha value is -2.56. The molecule has 4 nitrogen and oxygen atoms in total. The van der Waals surface area contributed by atoms with E-state index in [-0.39, 0.29) is 18.1 Å². The minimum atomic E-state index is -0.429. The molecule has 0 unspecified atom stereocenters. The topological polar surface area (TPSA) is 61.4 Å². The van der Waals surface area contributed by atoms with E-state index in [1.807, 2.05) is 0 Å². The van der Waals surface area contributed by atoms with Gasteiger partial charge in [-0.2, -0.15) is 0 Å². The molecule has 0 saturated carbocycles. The maximum Gasteiger partial charge on any atom is 0.319 e. The Balaban J connectivity index is 1.94. The number of phenols is 1. The van der Waals surface area contributed by atoms with Crippen LogP contribution >= 0.6 is 0 Å². The lowest BCUT2D eigenvalue weighted by Crippen LogP contribution is -2.28. The zero-order valence-corrected chi connectivity index (χ0v) is 11.0. The van der Waals surface area contributed by atoms with E-state index in [1.165, 1.54) is 12.1 Å². The average molecular weight is 274 g/mol. The van der Waals surface area contributed by atoms with Crippen LogP contribution < -0.4 is 10.6 Å². The summed E-state index contributed by atoms with van der Waals surface area (Å²) in [5.41, 5.74) is 1.75. The summed E-state index contributed by atoms with van der Waals surface area (Å²) in [4.78, 5) is 11.7. The van der Waals surface area contributed by atoms with Gasteiger partial charge in [-0.1, -0.05) is 18.2 Å². The number of amides is 2. The Morgan fingerprint density at radius 1 is 1.25 bits per heavy atom. The van der Waals surface area contributed by atoms with Crippen molar-refractivity contribution in [3.63, 3.8) is 0 Å². The SMILES string of the molecule is Cc1cc(O)ccc1NC(=O)NCc1ccccc1F. The van der Waals surface area contributed by atoms with E-state index in [2.05, 4.69) is 10.6 Å². The van der Waals surface area contributed by atoms with Crippen LogP contribution in [0.2, 0.25) is 0 Å². The number of hydrogen-bond donors (Lipinski definition) is 3. The van der Waals surface area contributed by atoms with Crippen LogP contribution in [-0.4, -0.2) is 11.1 Å². The van der Waals surface area contributed by atoms with Gasteiger partial charge in [-0.3, -0.25) is 0 Å². The van der Waals surface area contributed by atoms with Crippen molar-refractivity contribution < 1.29 is 14.3 Å². The second kappa shape index (κ2) is 6.06. The molecule has 3 N–H and O–H groups in total. The van der Waals surface area contributed by atoms with Gasteiger partial charge >= 0.3 is 6.03 Å². The summed E-state index contributed by atoms with van der Waals surface area (Å²) in [5.74, 6) is -0.214. The van der Waals surface area contributed by atoms with Gasteiger partial charge in [0, 0.05) is 17.8 Å². The van der Waals surface area contributed by atoms with Crippen LogP contribution in [0.3, 0.4) is 0 Å². The summed E-state index contributed by atoms with van der Waals surface area (Å²) < 4.78 is 13.4. The lowest BCUT2D eigenvalue weighted by Gasteiger charge is -2.10. The smallest absolute Gasteiger partial charge is 0.319 e. The predicted octanol–water partition coefficient (Wildman–Crippen LogP) is 3.16. The summed E-state index contributed by atoms with van der Waals surface area (Å²) in [5, 5.41) is 14.5. The number of carbonyl (C=O) groups excluding carboxylic acids is 1. The van der Waals surface area contributed by atoms with Gasteiger partial charge in [0.25, 0.3) is 0 Å². The van der Waals surface area contributed by atoms with Crippen LogP contribution in [-0.2, 0) is 6.54 Å². The van der Waals surface area contributed by atoms with Gasteiger partial charge in [-0.05, 0) is 36.8 Å². The third-order valence-corrected chi connectivity index (χ3v) is 2.86. The molecule has 104 valence electrons. The second-order valence-electron chi connectivity index (χ2n) is 4.40. The van der Waals surface area contributed by atoms with Crippen molar-refractivity contribution in [2.24, 2.45) is 0 Å². The van der Waals surface area contributed by atoms with E-state index in [0.717, 1.165) is 5.56 Å². The Bertz CT molecular complexity index is 629. The van der Waals surface area contributed by atoms with E-state index < -0.39 is 6.03 Å². The molecule has 0 radical (unpaired) electrons. The van der Waals surface area contributed by atoms with Crippen molar-refractivity contribution in [2.45, 2.75) is 13.5 Å². The van der Waals surface area contributed by atoms with Crippen LogP contribution in [0.15, 0.2) is 42.5 Å². The molecule has 2 amide bonds. The molecule has 0 fully saturated rings. The number of urea groups is 1. The Labute approximate surface area is 116 Å². The highest BCUT2D eigenvalue weighted by Gasteiger charge is 2.06. The van der Waals surface area contributed by atoms with Crippen molar-refractivity contribution in [3.05, 3.63) is 59.4 Å². The van der Waals surface area contributed by atoms with Crippen LogP contribution in [0.1, 0.15) is 11.1 Å². The standard InChI is InChI=1S/C15H15FN2O2/c1-10-8-12(19)6-7-14(10)18-15(20)17-9-11-4-2-3-5-13(11)16/h2-8,19H,9H2,1H3,(H2,17,18,20). The van der Waals surface area contributed by atoms with Crippen molar-refractivity contribution in [2.75, 3.05) is 5.32 Å². The molecule has 2 aromatic carbocycles. The van der Waals surface area contributed by atoms with Crippen molar-refractivity contribution in [3.8, 4) is 5.75 Å². The van der Waals surface area contributed by atoms with Gasteiger partial charge in [0.1, 0.15) is 11.6 Å². The number of aromatic hydroxyl groups is 1. The molecule has 0 bridgehead atoms. The maximum absolute atomic E-state index is 13.4. The zero-order valence-electron chi connectivity index (χ0n) is 11.0. The Morgan fingerprint density at radius 2 is 2.00 bits per heavy atom. The summed E-state index contributed by atoms with van der Waals surface area (Å²) in [6, 6.07) is 10.5.